The summed E-state index contributed by atoms with van der Waals surface area (Å²) in [6.07, 6.45) is -4.06. The summed E-state index contributed by atoms with van der Waals surface area (Å²) >= 11 is 0. The molecule has 0 aromatic heterocycles. The Morgan fingerprint density at radius 2 is 1.44 bits per heavy atom. The number of carbonyl (C=O) groups excluding carboxylic acids is 1. The Hall–Kier alpha value is -2.72. The van der Waals surface area contributed by atoms with Gasteiger partial charge in [0.15, 0.2) is 5.56 Å². The molecule has 1 aromatic carbocycles. The van der Waals surface area contributed by atoms with E-state index in [2.05, 4.69) is 0 Å². The minimum Gasteiger partial charge on any atom is -0.338 e. The molecule has 1 amide bonds. The number of hydrogen-bond donors (Lipinski definition) is 0. The highest BCUT2D eigenvalue weighted by molar-refractivity contribution is 6.02. The van der Waals surface area contributed by atoms with Gasteiger partial charge >= 0.3 is 6.18 Å². The van der Waals surface area contributed by atoms with E-state index in [0.717, 1.165) is 4.90 Å². The Morgan fingerprint density at radius 3 is 1.72 bits per heavy atom. The largest absolute Gasteiger partial charge is 0.416 e. The molecule has 0 aliphatic carbocycles. The molecule has 8 nitrogen and oxygen atoms in total. The summed E-state index contributed by atoms with van der Waals surface area (Å²) in [5.74, 6) is -1.03. The van der Waals surface area contributed by atoms with Crippen LogP contribution in [0.4, 0.5) is 24.5 Å². The van der Waals surface area contributed by atoms with Crippen molar-refractivity contribution in [2.75, 3.05) is 13.1 Å². The molecule has 0 N–H and O–H groups in total. The third-order valence-corrected chi connectivity index (χ3v) is 3.31. The van der Waals surface area contributed by atoms with Gasteiger partial charge in [-0.25, -0.2) is 0 Å². The average Bonchev–Trinajstić information content (AvgIpc) is 2.51. The summed E-state index contributed by atoms with van der Waals surface area (Å²) in [4.78, 5) is 33.6. The zero-order valence-electron chi connectivity index (χ0n) is 13.5. The molecule has 0 fully saturated rings. The molecule has 0 aliphatic heterocycles. The molecule has 0 aliphatic rings. The van der Waals surface area contributed by atoms with E-state index in [1.54, 1.807) is 13.8 Å². The van der Waals surface area contributed by atoms with Gasteiger partial charge in [0.05, 0.1) is 15.4 Å². The highest BCUT2D eigenvalue weighted by Crippen LogP contribution is 2.38. The lowest BCUT2D eigenvalue weighted by Gasteiger charge is -2.21. The summed E-state index contributed by atoms with van der Waals surface area (Å²) < 4.78 is 38.6. The van der Waals surface area contributed by atoms with Gasteiger partial charge in [0.25, 0.3) is 17.3 Å². The van der Waals surface area contributed by atoms with Crippen LogP contribution in [-0.2, 0) is 6.18 Å². The van der Waals surface area contributed by atoms with E-state index in [-0.39, 0.29) is 25.2 Å². The van der Waals surface area contributed by atoms with E-state index < -0.39 is 44.4 Å². The second-order valence-electron chi connectivity index (χ2n) is 5.19. The normalized spacial score (nSPS) is 11.2. The van der Waals surface area contributed by atoms with Gasteiger partial charge in [-0.3, -0.25) is 25.0 Å². The van der Waals surface area contributed by atoms with Gasteiger partial charge in [0.2, 0.25) is 0 Å². The molecular formula is C14H16F3N3O5. The van der Waals surface area contributed by atoms with Crippen LogP contribution in [0.5, 0.6) is 0 Å². The molecule has 0 atom stereocenters. The number of amides is 1. The standard InChI is InChI=1S/C14H16F3N3O5/c1-3-5-18(6-4-2)13(21)12-10(19(22)23)7-9(14(15,16)17)8-11(12)20(24)25/h7-8H,3-6H2,1-2H3. The molecule has 0 unspecified atom stereocenters. The minimum absolute atomic E-state index is 0.149. The Bertz CT molecular complexity index is 650. The molecule has 138 valence electrons. The number of nitro benzene ring substituents is 2. The van der Waals surface area contributed by atoms with Gasteiger partial charge in [0.1, 0.15) is 0 Å². The zero-order valence-corrected chi connectivity index (χ0v) is 13.5. The van der Waals surface area contributed by atoms with Crippen molar-refractivity contribution in [1.29, 1.82) is 0 Å². The number of alkyl halides is 3. The molecule has 0 heterocycles. The minimum atomic E-state index is -5.02. The number of nitro groups is 2. The van der Waals surface area contributed by atoms with Crippen LogP contribution in [0.2, 0.25) is 0 Å². The first-order chi connectivity index (χ1) is 11.5. The second-order valence-corrected chi connectivity index (χ2v) is 5.19. The first-order valence-electron chi connectivity index (χ1n) is 7.37. The summed E-state index contributed by atoms with van der Waals surface area (Å²) in [5.41, 5.74) is -4.96. The number of carbonyl (C=O) groups is 1. The van der Waals surface area contributed by atoms with Crippen LogP contribution in [0.15, 0.2) is 12.1 Å². The molecule has 1 aromatic rings. The molecular weight excluding hydrogens is 347 g/mol. The lowest BCUT2D eigenvalue weighted by Crippen LogP contribution is -2.33. The molecule has 0 spiro atoms. The summed E-state index contributed by atoms with van der Waals surface area (Å²) in [6.45, 7) is 3.79. The summed E-state index contributed by atoms with van der Waals surface area (Å²) in [6, 6.07) is 0.298. The number of nitrogens with zero attached hydrogens (tertiary/aromatic N) is 3. The van der Waals surface area contributed by atoms with Gasteiger partial charge in [-0.15, -0.1) is 0 Å². The van der Waals surface area contributed by atoms with Crippen molar-refractivity contribution >= 4 is 17.3 Å². The van der Waals surface area contributed by atoms with Crippen LogP contribution in [0.3, 0.4) is 0 Å². The number of rotatable bonds is 7. The van der Waals surface area contributed by atoms with Crippen LogP contribution in [0.1, 0.15) is 42.6 Å². The Kier molecular flexibility index (Phi) is 6.42. The van der Waals surface area contributed by atoms with Crippen LogP contribution < -0.4 is 0 Å². The van der Waals surface area contributed by atoms with Crippen LogP contribution >= 0.6 is 0 Å². The predicted molar refractivity (Wildman–Crippen MR) is 81.2 cm³/mol. The van der Waals surface area contributed by atoms with Crippen molar-refractivity contribution in [2.24, 2.45) is 0 Å². The van der Waals surface area contributed by atoms with Crippen molar-refractivity contribution in [2.45, 2.75) is 32.9 Å². The van der Waals surface area contributed by atoms with Gasteiger partial charge in [-0.05, 0) is 12.8 Å². The smallest absolute Gasteiger partial charge is 0.338 e. The fraction of sp³-hybridized carbons (Fsp3) is 0.500. The molecule has 0 bridgehead atoms. The van der Waals surface area contributed by atoms with E-state index in [0.29, 0.717) is 12.8 Å². The highest BCUT2D eigenvalue weighted by atomic mass is 19.4. The summed E-state index contributed by atoms with van der Waals surface area (Å²) in [7, 11) is 0. The average molecular weight is 363 g/mol. The van der Waals surface area contributed by atoms with Crippen LogP contribution in [0.25, 0.3) is 0 Å². The monoisotopic (exact) mass is 363 g/mol. The Balaban J connectivity index is 3.68. The first-order valence-corrected chi connectivity index (χ1v) is 7.37. The van der Waals surface area contributed by atoms with Gasteiger partial charge in [0, 0.05) is 25.2 Å². The molecule has 0 radical (unpaired) electrons. The summed E-state index contributed by atoms with van der Waals surface area (Å²) in [5, 5.41) is 22.3. The molecule has 25 heavy (non-hydrogen) atoms. The number of halogens is 3. The third kappa shape index (κ3) is 4.64. The quantitative estimate of drug-likeness (QED) is 0.541. The van der Waals surface area contributed by atoms with Gasteiger partial charge in [-0.2, -0.15) is 13.2 Å². The number of benzene rings is 1. The SMILES string of the molecule is CCCN(CCC)C(=O)c1c([N+](=O)[O-])cc(C(F)(F)F)cc1[N+](=O)[O-]. The second kappa shape index (κ2) is 7.90. The van der Waals surface area contributed by atoms with Gasteiger partial charge in [-0.1, -0.05) is 13.8 Å². The maximum Gasteiger partial charge on any atom is 0.416 e. The maximum atomic E-state index is 12.9. The molecule has 11 heteroatoms. The molecule has 0 saturated carbocycles. The topological polar surface area (TPSA) is 107 Å². The lowest BCUT2D eigenvalue weighted by molar-refractivity contribution is -0.395. The lowest BCUT2D eigenvalue weighted by atomic mass is 10.0. The van der Waals surface area contributed by atoms with Crippen LogP contribution in [0, 0.1) is 20.2 Å². The maximum absolute atomic E-state index is 12.9. The van der Waals surface area contributed by atoms with E-state index >= 15 is 0 Å². The molecule has 0 saturated heterocycles. The van der Waals surface area contributed by atoms with Crippen LogP contribution in [-0.4, -0.2) is 33.7 Å². The van der Waals surface area contributed by atoms with Gasteiger partial charge < -0.3 is 4.90 Å². The van der Waals surface area contributed by atoms with Crippen molar-refractivity contribution in [3.05, 3.63) is 43.5 Å². The fourth-order valence-corrected chi connectivity index (χ4v) is 2.30. The van der Waals surface area contributed by atoms with E-state index in [1.165, 1.54) is 0 Å². The zero-order chi connectivity index (χ0) is 19.4. The third-order valence-electron chi connectivity index (χ3n) is 3.31. The van der Waals surface area contributed by atoms with Crippen molar-refractivity contribution in [1.82, 2.24) is 4.90 Å². The predicted octanol–water partition coefficient (Wildman–Crippen LogP) is 3.78. The van der Waals surface area contributed by atoms with E-state index in [1.807, 2.05) is 0 Å². The van der Waals surface area contributed by atoms with E-state index in [4.69, 9.17) is 0 Å². The highest BCUT2D eigenvalue weighted by Gasteiger charge is 2.40. The first kappa shape index (κ1) is 20.3. The Labute approximate surface area is 140 Å². The van der Waals surface area contributed by atoms with Crippen molar-refractivity contribution < 1.29 is 27.8 Å². The van der Waals surface area contributed by atoms with Crippen molar-refractivity contribution in [3.63, 3.8) is 0 Å². The van der Waals surface area contributed by atoms with E-state index in [9.17, 15) is 38.2 Å². The molecule has 1 rings (SSSR count). The van der Waals surface area contributed by atoms with Crippen molar-refractivity contribution in [3.8, 4) is 0 Å². The fourth-order valence-electron chi connectivity index (χ4n) is 2.30. The Morgan fingerprint density at radius 1 is 1.04 bits per heavy atom. The number of hydrogen-bond acceptors (Lipinski definition) is 5.